The first-order chi connectivity index (χ1) is 21.5. The number of hydrogen-bond donors (Lipinski definition) is 1. The molecule has 0 aliphatic rings. The van der Waals surface area contributed by atoms with Gasteiger partial charge in [0.15, 0.2) is 0 Å². The van der Waals surface area contributed by atoms with Gasteiger partial charge in [0.1, 0.15) is 12.6 Å². The molecule has 1 N–H and O–H groups in total. The highest BCUT2D eigenvalue weighted by Crippen LogP contribution is 2.27. The first kappa shape index (κ1) is 33.9. The molecule has 0 aromatic heterocycles. The van der Waals surface area contributed by atoms with Crippen molar-refractivity contribution in [3.8, 4) is 0 Å². The van der Waals surface area contributed by atoms with Gasteiger partial charge in [-0.3, -0.25) is 13.9 Å². The van der Waals surface area contributed by atoms with Crippen molar-refractivity contribution >= 4 is 43.5 Å². The van der Waals surface area contributed by atoms with Crippen molar-refractivity contribution in [2.45, 2.75) is 64.1 Å². The summed E-state index contributed by atoms with van der Waals surface area (Å²) >= 11 is 3.45. The highest BCUT2D eigenvalue weighted by Gasteiger charge is 2.35. The molecule has 2 amide bonds. The number of anilines is 1. The molecule has 7 nitrogen and oxygen atoms in total. The topological polar surface area (TPSA) is 86.8 Å². The van der Waals surface area contributed by atoms with Crippen molar-refractivity contribution in [1.29, 1.82) is 0 Å². The van der Waals surface area contributed by atoms with Crippen LogP contribution in [0.1, 0.15) is 42.5 Å². The van der Waals surface area contributed by atoms with Crippen molar-refractivity contribution in [3.63, 3.8) is 0 Å². The Morgan fingerprint density at radius 2 is 1.44 bits per heavy atom. The number of benzene rings is 4. The van der Waals surface area contributed by atoms with Crippen LogP contribution in [0.4, 0.5) is 5.69 Å². The SMILES string of the molecule is CC[C@H](C)NC(=O)[C@@H](Cc1ccccc1)N(Cc1ccc(C)cc1)C(=O)CN(c1cccc(Br)c1)S(=O)(=O)c1ccc(C)cc1. The molecule has 0 fully saturated rings. The minimum Gasteiger partial charge on any atom is -0.352 e. The van der Waals surface area contributed by atoms with Crippen molar-refractivity contribution in [3.05, 3.63) is 130 Å². The quantitative estimate of drug-likeness (QED) is 0.167. The second-order valence-electron chi connectivity index (χ2n) is 11.3. The van der Waals surface area contributed by atoms with Gasteiger partial charge >= 0.3 is 0 Å². The standard InChI is InChI=1S/C36H40BrN3O4S/c1-5-28(4)38-36(42)34(22-29-10-7-6-8-11-29)39(24-30-18-14-26(2)15-19-30)35(41)25-40(32-13-9-12-31(37)23-32)45(43,44)33-20-16-27(3)17-21-33/h6-21,23,28,34H,5,22,24-25H2,1-4H3,(H,38,42)/t28-,34+/m0/s1. The number of halogens is 1. The summed E-state index contributed by atoms with van der Waals surface area (Å²) < 4.78 is 30.1. The fourth-order valence-electron chi connectivity index (χ4n) is 4.88. The van der Waals surface area contributed by atoms with Gasteiger partial charge in [-0.2, -0.15) is 0 Å². The van der Waals surface area contributed by atoms with Gasteiger partial charge in [0.2, 0.25) is 11.8 Å². The number of sulfonamides is 1. The number of carbonyl (C=O) groups is 2. The van der Waals surface area contributed by atoms with Gasteiger partial charge in [-0.1, -0.05) is 107 Å². The maximum Gasteiger partial charge on any atom is 0.264 e. The Balaban J connectivity index is 1.80. The maximum atomic E-state index is 14.5. The molecule has 0 spiro atoms. The molecule has 0 aliphatic carbocycles. The molecule has 9 heteroatoms. The van der Waals surface area contributed by atoms with Crippen molar-refractivity contribution in [2.24, 2.45) is 0 Å². The molecule has 4 aromatic carbocycles. The number of rotatable bonds is 13. The summed E-state index contributed by atoms with van der Waals surface area (Å²) in [6.45, 7) is 7.40. The van der Waals surface area contributed by atoms with Crippen LogP contribution in [0.5, 0.6) is 0 Å². The Kier molecular flexibility index (Phi) is 11.6. The van der Waals surface area contributed by atoms with E-state index in [-0.39, 0.29) is 29.8 Å². The molecule has 4 aromatic rings. The molecule has 0 aliphatic heterocycles. The van der Waals surface area contributed by atoms with Crippen LogP contribution in [0.25, 0.3) is 0 Å². The minimum atomic E-state index is -4.16. The summed E-state index contributed by atoms with van der Waals surface area (Å²) in [5.74, 6) is -0.782. The number of hydrogen-bond acceptors (Lipinski definition) is 4. The maximum absolute atomic E-state index is 14.5. The van der Waals surface area contributed by atoms with E-state index in [0.717, 1.165) is 33.0 Å². The Hall–Kier alpha value is -3.95. The van der Waals surface area contributed by atoms with Crippen LogP contribution in [0.15, 0.2) is 112 Å². The zero-order valence-corrected chi connectivity index (χ0v) is 28.5. The summed E-state index contributed by atoms with van der Waals surface area (Å²) in [6, 6.07) is 29.7. The van der Waals surface area contributed by atoms with E-state index in [1.165, 1.54) is 4.90 Å². The van der Waals surface area contributed by atoms with Gasteiger partial charge < -0.3 is 10.2 Å². The van der Waals surface area contributed by atoms with Crippen LogP contribution in [0.3, 0.4) is 0 Å². The number of nitrogens with zero attached hydrogens (tertiary/aromatic N) is 2. The summed E-state index contributed by atoms with van der Waals surface area (Å²) in [5, 5.41) is 3.06. The number of nitrogens with one attached hydrogen (secondary N) is 1. The van der Waals surface area contributed by atoms with Crippen LogP contribution >= 0.6 is 15.9 Å². The molecule has 0 radical (unpaired) electrons. The average Bonchev–Trinajstić information content (AvgIpc) is 3.02. The van der Waals surface area contributed by atoms with Gasteiger partial charge in [-0.15, -0.1) is 0 Å². The lowest BCUT2D eigenvalue weighted by molar-refractivity contribution is -0.140. The molecule has 0 saturated carbocycles. The highest BCUT2D eigenvalue weighted by molar-refractivity contribution is 9.10. The fourth-order valence-corrected chi connectivity index (χ4v) is 6.68. The third kappa shape index (κ3) is 9.05. The Morgan fingerprint density at radius 3 is 2.04 bits per heavy atom. The summed E-state index contributed by atoms with van der Waals surface area (Å²) in [6.07, 6.45) is 0.990. The molecule has 236 valence electrons. The van der Waals surface area contributed by atoms with E-state index in [9.17, 15) is 18.0 Å². The predicted octanol–water partition coefficient (Wildman–Crippen LogP) is 6.82. The lowest BCUT2D eigenvalue weighted by Gasteiger charge is -2.34. The zero-order chi connectivity index (χ0) is 32.6. The zero-order valence-electron chi connectivity index (χ0n) is 26.1. The van der Waals surface area contributed by atoms with Gasteiger partial charge in [0.25, 0.3) is 10.0 Å². The van der Waals surface area contributed by atoms with E-state index < -0.39 is 28.5 Å². The molecular weight excluding hydrogens is 650 g/mol. The van der Waals surface area contributed by atoms with E-state index >= 15 is 0 Å². The van der Waals surface area contributed by atoms with Gasteiger partial charge in [-0.05, 0) is 68.7 Å². The van der Waals surface area contributed by atoms with Crippen molar-refractivity contribution < 1.29 is 18.0 Å². The third-order valence-electron chi connectivity index (χ3n) is 7.73. The molecule has 0 unspecified atom stereocenters. The average molecular weight is 691 g/mol. The van der Waals surface area contributed by atoms with Crippen molar-refractivity contribution in [1.82, 2.24) is 10.2 Å². The lowest BCUT2D eigenvalue weighted by Crippen LogP contribution is -2.54. The minimum absolute atomic E-state index is 0.0707. The number of aryl methyl sites for hydroxylation is 2. The van der Waals surface area contributed by atoms with Crippen LogP contribution in [-0.2, 0) is 32.6 Å². The fraction of sp³-hybridized carbons (Fsp3) is 0.278. The largest absolute Gasteiger partial charge is 0.352 e. The molecule has 45 heavy (non-hydrogen) atoms. The highest BCUT2D eigenvalue weighted by atomic mass is 79.9. The second kappa shape index (κ2) is 15.4. The van der Waals surface area contributed by atoms with Gasteiger partial charge in [0, 0.05) is 23.5 Å². The predicted molar refractivity (Wildman–Crippen MR) is 183 cm³/mol. The summed E-state index contributed by atoms with van der Waals surface area (Å²) in [4.78, 5) is 30.0. The molecule has 4 rings (SSSR count). The van der Waals surface area contributed by atoms with E-state index in [1.807, 2.05) is 82.3 Å². The molecular formula is C36H40BrN3O4S. The molecule has 0 bridgehead atoms. The first-order valence-electron chi connectivity index (χ1n) is 15.0. The van der Waals surface area contributed by atoms with E-state index in [2.05, 4.69) is 21.2 Å². The first-order valence-corrected chi connectivity index (χ1v) is 17.3. The normalized spacial score (nSPS) is 12.6. The smallest absolute Gasteiger partial charge is 0.264 e. The lowest BCUT2D eigenvalue weighted by atomic mass is 10.0. The van der Waals surface area contributed by atoms with Crippen LogP contribution in [0.2, 0.25) is 0 Å². The van der Waals surface area contributed by atoms with E-state index in [4.69, 9.17) is 0 Å². The molecule has 0 saturated heterocycles. The van der Waals surface area contributed by atoms with Crippen LogP contribution in [0, 0.1) is 13.8 Å². The number of amides is 2. The van der Waals surface area contributed by atoms with Crippen LogP contribution < -0.4 is 9.62 Å². The Labute approximate surface area is 275 Å². The van der Waals surface area contributed by atoms with Crippen LogP contribution in [-0.4, -0.2) is 43.8 Å². The summed E-state index contributed by atoms with van der Waals surface area (Å²) in [5.41, 5.74) is 4.03. The van der Waals surface area contributed by atoms with Gasteiger partial charge in [-0.25, -0.2) is 8.42 Å². The Morgan fingerprint density at radius 1 is 0.822 bits per heavy atom. The summed E-state index contributed by atoms with van der Waals surface area (Å²) in [7, 11) is -4.16. The van der Waals surface area contributed by atoms with Crippen molar-refractivity contribution in [2.75, 3.05) is 10.8 Å². The second-order valence-corrected chi connectivity index (χ2v) is 14.1. The molecule has 0 heterocycles. The van der Waals surface area contributed by atoms with Gasteiger partial charge in [0.05, 0.1) is 10.6 Å². The third-order valence-corrected chi connectivity index (χ3v) is 10.0. The Bertz CT molecular complexity index is 1690. The monoisotopic (exact) mass is 689 g/mol. The van der Waals surface area contributed by atoms with E-state index in [1.54, 1.807) is 48.5 Å². The number of carbonyl (C=O) groups excluding carboxylic acids is 2. The molecule has 2 atom stereocenters. The van der Waals surface area contributed by atoms with E-state index in [0.29, 0.717) is 10.2 Å².